The van der Waals surface area contributed by atoms with E-state index in [4.69, 9.17) is 4.74 Å². The molecule has 1 aromatic heterocycles. The number of hydrogen-bond donors (Lipinski definition) is 1. The van der Waals surface area contributed by atoms with Gasteiger partial charge in [-0.25, -0.2) is 0 Å². The third-order valence-corrected chi connectivity index (χ3v) is 4.71. The molecule has 1 heterocycles. The quantitative estimate of drug-likeness (QED) is 0.917. The number of aromatic nitrogens is 1. The molecule has 0 bridgehead atoms. The summed E-state index contributed by atoms with van der Waals surface area (Å²) in [7, 11) is 1.71. The number of hydrogen-bond acceptors (Lipinski definition) is 3. The van der Waals surface area contributed by atoms with E-state index in [0.29, 0.717) is 11.7 Å². The second-order valence-electron chi connectivity index (χ2n) is 6.18. The van der Waals surface area contributed by atoms with Crippen molar-refractivity contribution in [2.45, 2.75) is 51.2 Å². The fourth-order valence-corrected chi connectivity index (χ4v) is 3.25. The van der Waals surface area contributed by atoms with Gasteiger partial charge in [0.25, 0.3) is 5.56 Å². The van der Waals surface area contributed by atoms with Crippen molar-refractivity contribution in [2.75, 3.05) is 0 Å². The number of pyridine rings is 1. The predicted molar refractivity (Wildman–Crippen MR) is 82.1 cm³/mol. The van der Waals surface area contributed by atoms with Crippen molar-refractivity contribution in [1.29, 1.82) is 0 Å². The van der Waals surface area contributed by atoms with Crippen LogP contribution in [0.15, 0.2) is 21.5 Å². The van der Waals surface area contributed by atoms with E-state index in [1.54, 1.807) is 13.2 Å². The van der Waals surface area contributed by atoms with Gasteiger partial charge in [-0.2, -0.15) is 0 Å². The van der Waals surface area contributed by atoms with Crippen molar-refractivity contribution < 1.29 is 9.84 Å². The monoisotopic (exact) mass is 343 g/mol. The fraction of sp³-hybridized carbons (Fsp3) is 0.667. The summed E-state index contributed by atoms with van der Waals surface area (Å²) in [6.45, 7) is 3.74. The van der Waals surface area contributed by atoms with Crippen LogP contribution in [0, 0.1) is 5.92 Å². The van der Waals surface area contributed by atoms with Gasteiger partial charge in [-0.1, -0.05) is 0 Å². The summed E-state index contributed by atoms with van der Waals surface area (Å²) in [6, 6.07) is 1.52. The van der Waals surface area contributed by atoms with Crippen LogP contribution in [0.2, 0.25) is 0 Å². The Morgan fingerprint density at radius 3 is 2.50 bits per heavy atom. The predicted octanol–water partition coefficient (Wildman–Crippen LogP) is 2.86. The number of nitrogens with zero attached hydrogens (tertiary/aromatic N) is 1. The lowest BCUT2D eigenvalue weighted by molar-refractivity contribution is -0.0152. The summed E-state index contributed by atoms with van der Waals surface area (Å²) in [4.78, 5) is 11.6. The van der Waals surface area contributed by atoms with E-state index >= 15 is 0 Å². The molecule has 0 spiro atoms. The molecule has 1 N–H and O–H groups in total. The van der Waals surface area contributed by atoms with Gasteiger partial charge in [-0.05, 0) is 61.4 Å². The molecule has 2 rings (SSSR count). The molecule has 0 unspecified atom stereocenters. The molecule has 1 saturated carbocycles. The molecule has 20 heavy (non-hydrogen) atoms. The van der Waals surface area contributed by atoms with Crippen molar-refractivity contribution >= 4 is 15.9 Å². The van der Waals surface area contributed by atoms with Crippen LogP contribution in [0.25, 0.3) is 0 Å². The number of ether oxygens (including phenoxy) is 1. The zero-order valence-corrected chi connectivity index (χ0v) is 13.8. The van der Waals surface area contributed by atoms with Gasteiger partial charge in [-0.3, -0.25) is 4.79 Å². The summed E-state index contributed by atoms with van der Waals surface area (Å²) in [5, 5.41) is 10.0. The Balaban J connectivity index is 2.00. The first-order chi connectivity index (χ1) is 9.27. The Morgan fingerprint density at radius 2 is 1.95 bits per heavy atom. The standard InChI is InChI=1S/C15H22BrNO3/c1-15(2,19)10-4-6-11(7-5-10)20-13-8-14(18)17(3)9-12(13)16/h8-11,19H,4-7H2,1-3H3. The second kappa shape index (κ2) is 5.90. The minimum absolute atomic E-state index is 0.0756. The highest BCUT2D eigenvalue weighted by Crippen LogP contribution is 2.35. The molecule has 112 valence electrons. The van der Waals surface area contributed by atoms with Crippen molar-refractivity contribution in [3.05, 3.63) is 27.1 Å². The fourth-order valence-electron chi connectivity index (χ4n) is 2.74. The van der Waals surface area contributed by atoms with Crippen LogP contribution >= 0.6 is 15.9 Å². The molecule has 0 aliphatic heterocycles. The van der Waals surface area contributed by atoms with Gasteiger partial charge in [0.15, 0.2) is 0 Å². The van der Waals surface area contributed by atoms with Crippen molar-refractivity contribution in [2.24, 2.45) is 13.0 Å². The molecule has 4 nitrogen and oxygen atoms in total. The van der Waals surface area contributed by atoms with E-state index in [0.717, 1.165) is 30.2 Å². The van der Waals surface area contributed by atoms with Gasteiger partial charge in [0.1, 0.15) is 5.75 Å². The van der Waals surface area contributed by atoms with Gasteiger partial charge in [0, 0.05) is 19.3 Å². The Morgan fingerprint density at radius 1 is 1.35 bits per heavy atom. The summed E-state index contributed by atoms with van der Waals surface area (Å²) >= 11 is 3.43. The Bertz CT molecular complexity index is 525. The first-order valence-corrected chi connectivity index (χ1v) is 7.82. The average molecular weight is 344 g/mol. The lowest BCUT2D eigenvalue weighted by atomic mass is 9.78. The van der Waals surface area contributed by atoms with E-state index in [-0.39, 0.29) is 11.7 Å². The van der Waals surface area contributed by atoms with Crippen LogP contribution in [-0.4, -0.2) is 21.4 Å². The molecule has 0 amide bonds. The number of aryl methyl sites for hydroxylation is 1. The molecule has 1 aliphatic carbocycles. The van der Waals surface area contributed by atoms with Crippen LogP contribution < -0.4 is 10.3 Å². The maximum Gasteiger partial charge on any atom is 0.254 e. The van der Waals surface area contributed by atoms with Crippen LogP contribution in [0.5, 0.6) is 5.75 Å². The van der Waals surface area contributed by atoms with E-state index in [9.17, 15) is 9.90 Å². The highest BCUT2D eigenvalue weighted by molar-refractivity contribution is 9.10. The summed E-state index contributed by atoms with van der Waals surface area (Å²) in [6.07, 6.45) is 5.58. The van der Waals surface area contributed by atoms with Gasteiger partial charge >= 0.3 is 0 Å². The summed E-state index contributed by atoms with van der Waals surface area (Å²) < 4.78 is 8.25. The Labute approximate surface area is 127 Å². The first-order valence-electron chi connectivity index (χ1n) is 7.02. The van der Waals surface area contributed by atoms with Gasteiger partial charge < -0.3 is 14.4 Å². The number of rotatable bonds is 3. The molecule has 1 fully saturated rings. The molecule has 0 atom stereocenters. The molecule has 5 heteroatoms. The third-order valence-electron chi connectivity index (χ3n) is 4.11. The van der Waals surface area contributed by atoms with Gasteiger partial charge in [0.05, 0.1) is 16.2 Å². The summed E-state index contributed by atoms with van der Waals surface area (Å²) in [5.74, 6) is 0.939. The van der Waals surface area contributed by atoms with Crippen molar-refractivity contribution in [1.82, 2.24) is 4.57 Å². The molecule has 0 radical (unpaired) electrons. The molecule has 1 aromatic rings. The molecular weight excluding hydrogens is 322 g/mol. The molecule has 1 aliphatic rings. The van der Waals surface area contributed by atoms with Gasteiger partial charge in [0.2, 0.25) is 0 Å². The molecular formula is C15H22BrNO3. The van der Waals surface area contributed by atoms with E-state index < -0.39 is 5.60 Å². The van der Waals surface area contributed by atoms with Crippen LogP contribution in [0.4, 0.5) is 0 Å². The lowest BCUT2D eigenvalue weighted by Crippen LogP contribution is -2.36. The smallest absolute Gasteiger partial charge is 0.254 e. The minimum atomic E-state index is -0.617. The lowest BCUT2D eigenvalue weighted by Gasteiger charge is -2.35. The molecule has 0 saturated heterocycles. The van der Waals surface area contributed by atoms with Crippen LogP contribution in [0.1, 0.15) is 39.5 Å². The zero-order chi connectivity index (χ0) is 14.9. The first kappa shape index (κ1) is 15.6. The maximum absolute atomic E-state index is 11.6. The third kappa shape index (κ3) is 3.64. The maximum atomic E-state index is 11.6. The van der Waals surface area contributed by atoms with Crippen molar-refractivity contribution in [3.63, 3.8) is 0 Å². The highest BCUT2D eigenvalue weighted by atomic mass is 79.9. The SMILES string of the molecule is Cn1cc(Br)c(OC2CCC(C(C)(C)O)CC2)cc1=O. The van der Waals surface area contributed by atoms with Crippen molar-refractivity contribution in [3.8, 4) is 5.75 Å². The van der Waals surface area contributed by atoms with E-state index in [1.165, 1.54) is 10.6 Å². The average Bonchev–Trinajstić information content (AvgIpc) is 2.35. The minimum Gasteiger partial charge on any atom is -0.489 e. The number of aliphatic hydroxyl groups is 1. The zero-order valence-electron chi connectivity index (χ0n) is 12.2. The Kier molecular flexibility index (Phi) is 4.59. The van der Waals surface area contributed by atoms with Crippen LogP contribution in [-0.2, 0) is 7.05 Å². The van der Waals surface area contributed by atoms with Gasteiger partial charge in [-0.15, -0.1) is 0 Å². The van der Waals surface area contributed by atoms with Crippen LogP contribution in [0.3, 0.4) is 0 Å². The second-order valence-corrected chi connectivity index (χ2v) is 7.03. The van der Waals surface area contributed by atoms with E-state index in [1.807, 2.05) is 13.8 Å². The normalized spacial score (nSPS) is 23.6. The number of halogens is 1. The van der Waals surface area contributed by atoms with E-state index in [2.05, 4.69) is 15.9 Å². The summed E-state index contributed by atoms with van der Waals surface area (Å²) in [5.41, 5.74) is -0.692. The largest absolute Gasteiger partial charge is 0.489 e. The Hall–Kier alpha value is -0.810. The highest BCUT2D eigenvalue weighted by Gasteiger charge is 2.32. The topological polar surface area (TPSA) is 51.5 Å². The molecule has 0 aromatic carbocycles.